The highest BCUT2D eigenvalue weighted by atomic mass is 16.6. The van der Waals surface area contributed by atoms with Gasteiger partial charge in [-0.25, -0.2) is 0 Å². The molecule has 1 amide bonds. The number of primary amides is 1. The fraction of sp³-hybridized carbons (Fsp3) is 0. The van der Waals surface area contributed by atoms with Crippen molar-refractivity contribution in [3.05, 3.63) is 18.0 Å². The third-order valence-corrected chi connectivity index (χ3v) is 0.296. The summed E-state index contributed by atoms with van der Waals surface area (Å²) in [6.45, 7) is 3.05. The van der Waals surface area contributed by atoms with Gasteiger partial charge < -0.3 is 9.94 Å². The fourth-order valence-electron chi connectivity index (χ4n) is 0.110. The topological polar surface area (TPSA) is 66.0 Å². The Morgan fingerprint density at radius 2 is 2.57 bits per heavy atom. The molecule has 0 heterocycles. The first kappa shape index (κ1) is 6.13. The number of hydroxylamine groups is 1. The number of rotatable bonds is 1. The van der Waals surface area contributed by atoms with Gasteiger partial charge in [-0.15, -0.1) is 0 Å². The van der Waals surface area contributed by atoms with Gasteiger partial charge in [-0.1, -0.05) is 6.58 Å². The SMILES string of the molecule is C=COC(=O)[NH2+][O-]. The molecule has 0 fully saturated rings. The third kappa shape index (κ3) is 2.95. The van der Waals surface area contributed by atoms with Crippen molar-refractivity contribution < 1.29 is 15.0 Å². The Balaban J connectivity index is 3.17. The summed E-state index contributed by atoms with van der Waals surface area (Å²) < 4.78 is 3.95. The van der Waals surface area contributed by atoms with Crippen molar-refractivity contribution in [2.45, 2.75) is 0 Å². The minimum Gasteiger partial charge on any atom is -0.626 e. The van der Waals surface area contributed by atoms with Crippen LogP contribution in [0.25, 0.3) is 0 Å². The normalized spacial score (nSPS) is 7.57. The van der Waals surface area contributed by atoms with E-state index in [0.29, 0.717) is 0 Å². The summed E-state index contributed by atoms with van der Waals surface area (Å²) in [5.41, 5.74) is 0.0711. The van der Waals surface area contributed by atoms with Crippen molar-refractivity contribution >= 4 is 6.09 Å². The van der Waals surface area contributed by atoms with Gasteiger partial charge in [-0.3, -0.25) is 5.48 Å². The number of nitrogens with two attached hydrogens (primary N) is 1. The van der Waals surface area contributed by atoms with Gasteiger partial charge in [0.05, 0.1) is 6.26 Å². The molecule has 0 radical (unpaired) electrons. The largest absolute Gasteiger partial charge is 0.626 e. The van der Waals surface area contributed by atoms with E-state index in [0.717, 1.165) is 6.26 Å². The number of ether oxygens (including phenoxy) is 1. The molecule has 0 aliphatic rings. The molecule has 4 nitrogen and oxygen atoms in total. The van der Waals surface area contributed by atoms with Crippen molar-refractivity contribution in [1.29, 1.82) is 0 Å². The second-order valence-corrected chi connectivity index (χ2v) is 0.721. The summed E-state index contributed by atoms with van der Waals surface area (Å²) in [7, 11) is 0. The van der Waals surface area contributed by atoms with Gasteiger partial charge in [0.1, 0.15) is 0 Å². The highest BCUT2D eigenvalue weighted by molar-refractivity contribution is 5.56. The lowest BCUT2D eigenvalue weighted by atomic mass is 11.1. The zero-order valence-corrected chi connectivity index (χ0v) is 3.59. The van der Waals surface area contributed by atoms with Crippen molar-refractivity contribution in [1.82, 2.24) is 0 Å². The van der Waals surface area contributed by atoms with E-state index in [4.69, 9.17) is 0 Å². The Morgan fingerprint density at radius 1 is 2.00 bits per heavy atom. The summed E-state index contributed by atoms with van der Waals surface area (Å²) in [4.78, 5) is 9.75. The maximum Gasteiger partial charge on any atom is 0.517 e. The minimum absolute atomic E-state index is 0.0711. The summed E-state index contributed by atoms with van der Waals surface area (Å²) in [6.07, 6.45) is -0.0218. The van der Waals surface area contributed by atoms with Crippen LogP contribution in [0.1, 0.15) is 0 Å². The van der Waals surface area contributed by atoms with Gasteiger partial charge in [0, 0.05) is 0 Å². The Morgan fingerprint density at radius 3 is 2.71 bits per heavy atom. The zero-order valence-electron chi connectivity index (χ0n) is 3.59. The molecular formula is C3H5NO3. The zero-order chi connectivity index (χ0) is 5.70. The van der Waals surface area contributed by atoms with E-state index >= 15 is 0 Å². The molecule has 0 aromatic carbocycles. The molecule has 0 unspecified atom stereocenters. The molecule has 40 valence electrons. The standard InChI is InChI=1S/C3H5NO3/c1-2-7-3(5)4-6/h2H,1,4H2. The fourth-order valence-corrected chi connectivity index (χ4v) is 0.110. The monoisotopic (exact) mass is 103 g/mol. The molecule has 0 rings (SSSR count). The number of quaternary nitrogens is 1. The van der Waals surface area contributed by atoms with Crippen LogP contribution in [0.3, 0.4) is 0 Å². The second kappa shape index (κ2) is 3.32. The van der Waals surface area contributed by atoms with Crippen LogP contribution in [-0.4, -0.2) is 6.09 Å². The van der Waals surface area contributed by atoms with Crippen LogP contribution in [0.5, 0.6) is 0 Å². The number of carbonyl (C=O) groups excluding carboxylic acids is 1. The lowest BCUT2D eigenvalue weighted by molar-refractivity contribution is -0.497. The van der Waals surface area contributed by atoms with Crippen LogP contribution in [0, 0.1) is 5.21 Å². The van der Waals surface area contributed by atoms with Crippen molar-refractivity contribution in [2.24, 2.45) is 0 Å². The number of amides is 1. The number of hydrogen-bond acceptors (Lipinski definition) is 3. The van der Waals surface area contributed by atoms with Gasteiger partial charge in [-0.05, 0) is 0 Å². The van der Waals surface area contributed by atoms with Crippen LogP contribution in [0.15, 0.2) is 12.8 Å². The maximum absolute atomic E-state index is 9.75. The molecule has 0 spiro atoms. The summed E-state index contributed by atoms with van der Waals surface area (Å²) in [5, 5.41) is 9.37. The van der Waals surface area contributed by atoms with E-state index < -0.39 is 6.09 Å². The molecule has 0 aromatic heterocycles. The highest BCUT2D eigenvalue weighted by Gasteiger charge is 1.91. The molecular weight excluding hydrogens is 98.0 g/mol. The molecule has 0 aliphatic heterocycles. The van der Waals surface area contributed by atoms with E-state index in [-0.39, 0.29) is 5.48 Å². The van der Waals surface area contributed by atoms with Crippen LogP contribution in [-0.2, 0) is 4.74 Å². The van der Waals surface area contributed by atoms with E-state index in [1.54, 1.807) is 0 Å². The Kier molecular flexibility index (Phi) is 2.91. The van der Waals surface area contributed by atoms with Gasteiger partial charge in [0.2, 0.25) is 0 Å². The first-order chi connectivity index (χ1) is 3.31. The third-order valence-electron chi connectivity index (χ3n) is 0.296. The minimum atomic E-state index is -0.921. The van der Waals surface area contributed by atoms with Gasteiger partial charge >= 0.3 is 6.09 Å². The number of carbonyl (C=O) groups is 1. The van der Waals surface area contributed by atoms with Crippen LogP contribution >= 0.6 is 0 Å². The van der Waals surface area contributed by atoms with Crippen molar-refractivity contribution in [2.75, 3.05) is 0 Å². The molecule has 4 heteroatoms. The molecule has 0 saturated carbocycles. The number of hydrogen-bond donors (Lipinski definition) is 1. The van der Waals surface area contributed by atoms with Crippen LogP contribution in [0.4, 0.5) is 4.79 Å². The Hall–Kier alpha value is -0.870. The molecule has 0 aromatic rings. The quantitative estimate of drug-likeness (QED) is 0.353. The second-order valence-electron chi connectivity index (χ2n) is 0.721. The Bertz CT molecular complexity index is 80.2. The van der Waals surface area contributed by atoms with E-state index in [2.05, 4.69) is 11.3 Å². The van der Waals surface area contributed by atoms with Gasteiger partial charge in [0.15, 0.2) is 0 Å². The average molecular weight is 103 g/mol. The molecule has 0 bridgehead atoms. The molecule has 2 N–H and O–H groups in total. The molecule has 0 aliphatic carbocycles. The highest BCUT2D eigenvalue weighted by Crippen LogP contribution is 1.65. The predicted molar refractivity (Wildman–Crippen MR) is 22.0 cm³/mol. The van der Waals surface area contributed by atoms with Gasteiger partial charge in [-0.2, -0.15) is 4.79 Å². The molecule has 0 saturated heterocycles. The maximum atomic E-state index is 9.75. The van der Waals surface area contributed by atoms with Crippen molar-refractivity contribution in [3.8, 4) is 0 Å². The lowest BCUT2D eigenvalue weighted by Gasteiger charge is -1.93. The Labute approximate surface area is 40.4 Å². The first-order valence-corrected chi connectivity index (χ1v) is 1.58. The first-order valence-electron chi connectivity index (χ1n) is 1.58. The van der Waals surface area contributed by atoms with E-state index in [1.165, 1.54) is 0 Å². The summed E-state index contributed by atoms with van der Waals surface area (Å²) in [6, 6.07) is 0. The summed E-state index contributed by atoms with van der Waals surface area (Å²) in [5.74, 6) is 0. The van der Waals surface area contributed by atoms with Gasteiger partial charge in [0.25, 0.3) is 0 Å². The van der Waals surface area contributed by atoms with E-state index in [1.807, 2.05) is 0 Å². The van der Waals surface area contributed by atoms with E-state index in [9.17, 15) is 10.0 Å². The smallest absolute Gasteiger partial charge is 0.517 e. The molecule has 0 atom stereocenters. The predicted octanol–water partition coefficient (Wildman–Crippen LogP) is -0.672. The molecule has 7 heavy (non-hydrogen) atoms. The van der Waals surface area contributed by atoms with Crippen LogP contribution < -0.4 is 5.48 Å². The average Bonchev–Trinajstić information content (AvgIpc) is 1.68. The van der Waals surface area contributed by atoms with Crippen LogP contribution in [0.2, 0.25) is 0 Å². The lowest BCUT2D eigenvalue weighted by Crippen LogP contribution is -2.81. The summed E-state index contributed by atoms with van der Waals surface area (Å²) >= 11 is 0. The van der Waals surface area contributed by atoms with Crippen molar-refractivity contribution in [3.63, 3.8) is 0 Å².